The Hall–Kier alpha value is -0.0400. The average molecular weight is 126 g/mol. The minimum Gasteiger partial charge on any atom is -0.328 e. The van der Waals surface area contributed by atoms with Gasteiger partial charge in [-0.1, -0.05) is 13.8 Å². The highest BCUT2D eigenvalue weighted by Gasteiger charge is 2.40. The van der Waals surface area contributed by atoms with E-state index in [9.17, 15) is 0 Å². The first kappa shape index (κ1) is 7.07. The van der Waals surface area contributed by atoms with E-state index in [1.54, 1.807) is 0 Å². The fraction of sp³-hybridized carbons (Fsp3) is 0.875. The van der Waals surface area contributed by atoms with Crippen molar-refractivity contribution in [2.75, 3.05) is 0 Å². The first-order valence-electron chi connectivity index (χ1n) is 3.64. The van der Waals surface area contributed by atoms with Crippen molar-refractivity contribution in [3.63, 3.8) is 0 Å². The van der Waals surface area contributed by atoms with Gasteiger partial charge in [-0.15, -0.1) is 0 Å². The van der Waals surface area contributed by atoms with E-state index in [-0.39, 0.29) is 0 Å². The van der Waals surface area contributed by atoms with Crippen molar-refractivity contribution in [3.05, 3.63) is 6.42 Å². The summed E-state index contributed by atoms with van der Waals surface area (Å²) in [6.45, 7) is 6.61. The SMILES string of the molecule is C[C@H](N)[C@@H]1C[CH]C1(C)C. The van der Waals surface area contributed by atoms with E-state index in [2.05, 4.69) is 27.2 Å². The molecule has 0 aromatic heterocycles. The zero-order valence-electron chi connectivity index (χ0n) is 6.52. The van der Waals surface area contributed by atoms with Crippen LogP contribution < -0.4 is 5.73 Å². The molecule has 1 fully saturated rings. The van der Waals surface area contributed by atoms with Gasteiger partial charge in [-0.05, 0) is 31.1 Å². The van der Waals surface area contributed by atoms with Gasteiger partial charge in [0.25, 0.3) is 0 Å². The zero-order valence-corrected chi connectivity index (χ0v) is 6.52. The van der Waals surface area contributed by atoms with Gasteiger partial charge in [0.1, 0.15) is 0 Å². The quantitative estimate of drug-likeness (QED) is 0.567. The van der Waals surface area contributed by atoms with E-state index in [0.717, 1.165) is 5.92 Å². The predicted molar refractivity (Wildman–Crippen MR) is 39.8 cm³/mol. The molecule has 1 aliphatic rings. The van der Waals surface area contributed by atoms with Gasteiger partial charge in [-0.2, -0.15) is 0 Å². The van der Waals surface area contributed by atoms with Crippen molar-refractivity contribution >= 4 is 0 Å². The van der Waals surface area contributed by atoms with E-state index < -0.39 is 0 Å². The summed E-state index contributed by atoms with van der Waals surface area (Å²) in [6.07, 6.45) is 3.56. The number of hydrogen-bond donors (Lipinski definition) is 1. The van der Waals surface area contributed by atoms with E-state index in [4.69, 9.17) is 5.73 Å². The summed E-state index contributed by atoms with van der Waals surface area (Å²) in [5.41, 5.74) is 6.16. The molecule has 0 aromatic carbocycles. The van der Waals surface area contributed by atoms with Crippen molar-refractivity contribution in [1.29, 1.82) is 0 Å². The first-order chi connectivity index (χ1) is 4.04. The van der Waals surface area contributed by atoms with Crippen molar-refractivity contribution in [1.82, 2.24) is 0 Å². The molecule has 0 heterocycles. The van der Waals surface area contributed by atoms with Crippen LogP contribution in [0.3, 0.4) is 0 Å². The standard InChI is InChI=1S/C8H16N/c1-6(9)7-4-5-8(7,2)3/h5-7H,4,9H2,1-3H3/t6-,7-/m0/s1. The molecule has 1 aliphatic carbocycles. The van der Waals surface area contributed by atoms with Crippen molar-refractivity contribution in [2.24, 2.45) is 17.1 Å². The molecule has 1 radical (unpaired) electrons. The molecule has 0 bridgehead atoms. The second-order valence-electron chi connectivity index (χ2n) is 3.73. The fourth-order valence-electron chi connectivity index (χ4n) is 1.62. The third-order valence-corrected chi connectivity index (χ3v) is 2.49. The Morgan fingerprint density at radius 1 is 1.67 bits per heavy atom. The number of nitrogens with two attached hydrogens (primary N) is 1. The summed E-state index contributed by atoms with van der Waals surface area (Å²) in [5.74, 6) is 0.720. The van der Waals surface area contributed by atoms with Crippen LogP contribution in [-0.2, 0) is 0 Å². The molecule has 0 unspecified atom stereocenters. The number of hydrogen-bond acceptors (Lipinski definition) is 1. The van der Waals surface area contributed by atoms with Crippen LogP contribution in [0.25, 0.3) is 0 Å². The topological polar surface area (TPSA) is 26.0 Å². The summed E-state index contributed by atoms with van der Waals surface area (Å²) in [4.78, 5) is 0. The van der Waals surface area contributed by atoms with Gasteiger partial charge in [-0.25, -0.2) is 0 Å². The molecule has 0 amide bonds. The van der Waals surface area contributed by atoms with E-state index in [0.29, 0.717) is 11.5 Å². The Morgan fingerprint density at radius 3 is 2.22 bits per heavy atom. The Labute approximate surface area is 57.6 Å². The minimum atomic E-state index is 0.366. The third kappa shape index (κ3) is 1.11. The van der Waals surface area contributed by atoms with Crippen LogP contribution in [0.15, 0.2) is 0 Å². The molecule has 0 aromatic rings. The normalized spacial score (nSPS) is 35.3. The summed E-state index contributed by atoms with van der Waals surface area (Å²) in [6, 6.07) is 0.366. The lowest BCUT2D eigenvalue weighted by Crippen LogP contribution is -2.45. The van der Waals surface area contributed by atoms with E-state index >= 15 is 0 Å². The van der Waals surface area contributed by atoms with Crippen LogP contribution in [0, 0.1) is 17.8 Å². The largest absolute Gasteiger partial charge is 0.328 e. The third-order valence-electron chi connectivity index (χ3n) is 2.49. The van der Waals surface area contributed by atoms with Gasteiger partial charge >= 0.3 is 0 Å². The lowest BCUT2D eigenvalue weighted by molar-refractivity contribution is 0.132. The highest BCUT2D eigenvalue weighted by Crippen LogP contribution is 2.45. The molecule has 1 rings (SSSR count). The van der Waals surface area contributed by atoms with Gasteiger partial charge in [0.05, 0.1) is 0 Å². The molecule has 2 atom stereocenters. The Bertz CT molecular complexity index is 105. The molecule has 0 saturated heterocycles. The van der Waals surface area contributed by atoms with Crippen molar-refractivity contribution < 1.29 is 0 Å². The van der Waals surface area contributed by atoms with Crippen LogP contribution in [0.2, 0.25) is 0 Å². The van der Waals surface area contributed by atoms with E-state index in [1.807, 2.05) is 0 Å². The van der Waals surface area contributed by atoms with Crippen LogP contribution in [0.4, 0.5) is 0 Å². The summed E-state index contributed by atoms with van der Waals surface area (Å²) in [7, 11) is 0. The minimum absolute atomic E-state index is 0.366. The van der Waals surface area contributed by atoms with Gasteiger partial charge < -0.3 is 5.73 Å². The Balaban J connectivity index is 2.45. The van der Waals surface area contributed by atoms with Crippen LogP contribution in [0.1, 0.15) is 27.2 Å². The van der Waals surface area contributed by atoms with Crippen molar-refractivity contribution in [3.8, 4) is 0 Å². The lowest BCUT2D eigenvalue weighted by Gasteiger charge is -2.46. The Morgan fingerprint density at radius 2 is 2.22 bits per heavy atom. The molecule has 9 heavy (non-hydrogen) atoms. The smallest absolute Gasteiger partial charge is 0.00440 e. The van der Waals surface area contributed by atoms with Gasteiger partial charge in [-0.3, -0.25) is 0 Å². The molecule has 0 spiro atoms. The van der Waals surface area contributed by atoms with Gasteiger partial charge in [0.2, 0.25) is 0 Å². The molecule has 0 aliphatic heterocycles. The Kier molecular flexibility index (Phi) is 1.55. The lowest BCUT2D eigenvalue weighted by atomic mass is 9.60. The van der Waals surface area contributed by atoms with Crippen molar-refractivity contribution in [2.45, 2.75) is 33.2 Å². The second-order valence-corrected chi connectivity index (χ2v) is 3.73. The molecule has 53 valence electrons. The molecule has 1 nitrogen and oxygen atoms in total. The molecular weight excluding hydrogens is 110 g/mol. The van der Waals surface area contributed by atoms with Crippen LogP contribution in [-0.4, -0.2) is 6.04 Å². The maximum atomic E-state index is 5.75. The maximum absolute atomic E-state index is 5.75. The molecule has 1 heteroatoms. The highest BCUT2D eigenvalue weighted by molar-refractivity contribution is 5.05. The van der Waals surface area contributed by atoms with Gasteiger partial charge in [0.15, 0.2) is 0 Å². The van der Waals surface area contributed by atoms with E-state index in [1.165, 1.54) is 6.42 Å². The summed E-state index contributed by atoms with van der Waals surface area (Å²) < 4.78 is 0. The summed E-state index contributed by atoms with van der Waals surface area (Å²) in [5, 5.41) is 0. The van der Waals surface area contributed by atoms with Crippen LogP contribution in [0.5, 0.6) is 0 Å². The zero-order chi connectivity index (χ0) is 7.07. The predicted octanol–water partition coefficient (Wildman–Crippen LogP) is 1.58. The van der Waals surface area contributed by atoms with Gasteiger partial charge in [0, 0.05) is 6.04 Å². The maximum Gasteiger partial charge on any atom is 0.00440 e. The molecular formula is C8H16N. The monoisotopic (exact) mass is 126 g/mol. The number of rotatable bonds is 1. The molecule has 1 saturated carbocycles. The second kappa shape index (κ2) is 1.98. The van der Waals surface area contributed by atoms with Crippen LogP contribution >= 0.6 is 0 Å². The summed E-state index contributed by atoms with van der Waals surface area (Å²) >= 11 is 0. The first-order valence-corrected chi connectivity index (χ1v) is 3.64. The fourth-order valence-corrected chi connectivity index (χ4v) is 1.62. The average Bonchev–Trinajstić information content (AvgIpc) is 1.62. The highest BCUT2D eigenvalue weighted by atomic mass is 14.7. The molecule has 2 N–H and O–H groups in total.